The lowest BCUT2D eigenvalue weighted by Gasteiger charge is -2.10. The van der Waals surface area contributed by atoms with Crippen LogP contribution in [0.4, 0.5) is 10.5 Å². The molecule has 0 bridgehead atoms. The highest BCUT2D eigenvalue weighted by Crippen LogP contribution is 2.33. The fourth-order valence-corrected chi connectivity index (χ4v) is 3.03. The normalized spacial score (nSPS) is 10.6. The van der Waals surface area contributed by atoms with Crippen molar-refractivity contribution >= 4 is 23.1 Å². The molecular weight excluding hydrogens is 336 g/mol. The van der Waals surface area contributed by atoms with Crippen LogP contribution < -0.4 is 14.8 Å². The van der Waals surface area contributed by atoms with Crippen molar-refractivity contribution in [3.8, 4) is 11.5 Å². The second kappa shape index (κ2) is 6.79. The first-order valence-corrected chi connectivity index (χ1v) is 7.84. The fraction of sp³-hybridized carbons (Fsp3) is 0.158. The van der Waals surface area contributed by atoms with Crippen molar-refractivity contribution < 1.29 is 24.2 Å². The molecule has 0 aliphatic carbocycles. The molecule has 0 saturated carbocycles. The number of nitrogens with zero attached hydrogens (tertiary/aromatic N) is 1. The van der Waals surface area contributed by atoms with Crippen LogP contribution in [-0.4, -0.2) is 35.6 Å². The molecule has 2 heterocycles. The van der Waals surface area contributed by atoms with E-state index >= 15 is 0 Å². The number of aromatic nitrogens is 1. The second-order valence-electron chi connectivity index (χ2n) is 5.64. The first kappa shape index (κ1) is 17.3. The van der Waals surface area contributed by atoms with E-state index in [0.29, 0.717) is 17.0 Å². The van der Waals surface area contributed by atoms with Gasteiger partial charge in [0.15, 0.2) is 0 Å². The van der Waals surface area contributed by atoms with Crippen molar-refractivity contribution in [2.24, 2.45) is 0 Å². The van der Waals surface area contributed by atoms with Gasteiger partial charge in [-0.3, -0.25) is 10.1 Å². The molecule has 0 spiro atoms. The van der Waals surface area contributed by atoms with Gasteiger partial charge in [-0.2, -0.15) is 0 Å². The monoisotopic (exact) mass is 354 g/mol. The summed E-state index contributed by atoms with van der Waals surface area (Å²) in [5.41, 5.74) is 2.67. The van der Waals surface area contributed by atoms with Crippen LogP contribution in [0.1, 0.15) is 21.6 Å². The lowest BCUT2D eigenvalue weighted by molar-refractivity contribution is 0.103. The molecule has 3 rings (SSSR count). The molecule has 1 aromatic carbocycles. The van der Waals surface area contributed by atoms with E-state index in [1.165, 1.54) is 19.2 Å². The summed E-state index contributed by atoms with van der Waals surface area (Å²) in [7, 11) is 2.98. The molecule has 134 valence electrons. The third kappa shape index (κ3) is 2.83. The number of amides is 1. The number of benzene rings is 1. The summed E-state index contributed by atoms with van der Waals surface area (Å²) in [6, 6.07) is 10.2. The van der Waals surface area contributed by atoms with Crippen molar-refractivity contribution in [1.29, 1.82) is 0 Å². The smallest absolute Gasteiger partial charge is 0.409 e. The summed E-state index contributed by atoms with van der Waals surface area (Å²) in [6.45, 7) is 1.83. The third-order valence-electron chi connectivity index (χ3n) is 4.15. The average Bonchev–Trinajstić information content (AvgIpc) is 2.92. The van der Waals surface area contributed by atoms with Crippen LogP contribution in [0.2, 0.25) is 0 Å². The highest BCUT2D eigenvalue weighted by Gasteiger charge is 2.23. The molecule has 0 aliphatic rings. The van der Waals surface area contributed by atoms with Gasteiger partial charge in [-0.1, -0.05) is 6.07 Å². The number of carbonyl (C=O) groups is 2. The Morgan fingerprint density at radius 3 is 2.54 bits per heavy atom. The Labute approximate surface area is 149 Å². The van der Waals surface area contributed by atoms with Crippen LogP contribution in [0.25, 0.3) is 5.52 Å². The minimum atomic E-state index is -1.21. The van der Waals surface area contributed by atoms with Crippen LogP contribution in [0.5, 0.6) is 11.5 Å². The van der Waals surface area contributed by atoms with Gasteiger partial charge in [-0.25, -0.2) is 4.79 Å². The molecule has 0 atom stereocenters. The average molecular weight is 354 g/mol. The van der Waals surface area contributed by atoms with E-state index in [4.69, 9.17) is 14.6 Å². The SMILES string of the molecule is COc1cc(C(=O)c2c(C)c(OC)c3ccccn23)ccc1NC(=O)O. The Balaban J connectivity index is 2.12. The number of fused-ring (bicyclic) bond motifs is 1. The Morgan fingerprint density at radius 1 is 1.12 bits per heavy atom. The number of rotatable bonds is 5. The van der Waals surface area contributed by atoms with Crippen LogP contribution >= 0.6 is 0 Å². The van der Waals surface area contributed by atoms with Crippen molar-refractivity contribution in [2.75, 3.05) is 19.5 Å². The minimum Gasteiger partial charge on any atom is -0.495 e. The zero-order chi connectivity index (χ0) is 18.8. The van der Waals surface area contributed by atoms with Crippen molar-refractivity contribution in [2.45, 2.75) is 6.92 Å². The number of hydrogen-bond donors (Lipinski definition) is 2. The zero-order valence-corrected chi connectivity index (χ0v) is 14.6. The van der Waals surface area contributed by atoms with E-state index in [1.807, 2.05) is 25.1 Å². The molecule has 0 saturated heterocycles. The first-order valence-electron chi connectivity index (χ1n) is 7.84. The molecule has 1 amide bonds. The van der Waals surface area contributed by atoms with Gasteiger partial charge in [-0.05, 0) is 37.3 Å². The Kier molecular flexibility index (Phi) is 4.53. The summed E-state index contributed by atoms with van der Waals surface area (Å²) in [5.74, 6) is 0.695. The molecule has 3 aromatic rings. The van der Waals surface area contributed by atoms with E-state index < -0.39 is 6.09 Å². The summed E-state index contributed by atoms with van der Waals surface area (Å²) in [5, 5.41) is 11.1. The van der Waals surface area contributed by atoms with E-state index in [9.17, 15) is 9.59 Å². The van der Waals surface area contributed by atoms with Crippen molar-refractivity contribution in [3.05, 3.63) is 59.4 Å². The molecule has 0 unspecified atom stereocenters. The molecule has 7 heteroatoms. The number of nitrogens with one attached hydrogen (secondary N) is 1. The Bertz CT molecular complexity index is 1010. The first-order chi connectivity index (χ1) is 12.5. The van der Waals surface area contributed by atoms with E-state index in [2.05, 4.69) is 5.32 Å². The van der Waals surface area contributed by atoms with Gasteiger partial charge in [0.25, 0.3) is 0 Å². The maximum Gasteiger partial charge on any atom is 0.409 e. The highest BCUT2D eigenvalue weighted by molar-refractivity contribution is 6.11. The van der Waals surface area contributed by atoms with Gasteiger partial charge < -0.3 is 19.0 Å². The minimum absolute atomic E-state index is 0.216. The van der Waals surface area contributed by atoms with E-state index in [1.54, 1.807) is 23.8 Å². The number of carboxylic acid groups (broad SMARTS) is 1. The lowest BCUT2D eigenvalue weighted by Crippen LogP contribution is -2.10. The third-order valence-corrected chi connectivity index (χ3v) is 4.15. The largest absolute Gasteiger partial charge is 0.495 e. The van der Waals surface area contributed by atoms with Crippen LogP contribution in [-0.2, 0) is 0 Å². The summed E-state index contributed by atoms with van der Waals surface area (Å²) in [4.78, 5) is 24.0. The summed E-state index contributed by atoms with van der Waals surface area (Å²) in [6.07, 6.45) is 0.593. The van der Waals surface area contributed by atoms with Crippen LogP contribution in [0.15, 0.2) is 42.6 Å². The fourth-order valence-electron chi connectivity index (χ4n) is 3.03. The van der Waals surface area contributed by atoms with Gasteiger partial charge >= 0.3 is 6.09 Å². The Hall–Kier alpha value is -3.48. The molecule has 26 heavy (non-hydrogen) atoms. The molecule has 0 aliphatic heterocycles. The predicted octanol–water partition coefficient (Wildman–Crippen LogP) is 3.59. The topological polar surface area (TPSA) is 89.3 Å². The maximum atomic E-state index is 13.1. The molecule has 2 N–H and O–H groups in total. The highest BCUT2D eigenvalue weighted by atomic mass is 16.5. The molecule has 7 nitrogen and oxygen atoms in total. The predicted molar refractivity (Wildman–Crippen MR) is 96.8 cm³/mol. The van der Waals surface area contributed by atoms with E-state index in [0.717, 1.165) is 11.1 Å². The van der Waals surface area contributed by atoms with Crippen molar-refractivity contribution in [3.63, 3.8) is 0 Å². The van der Waals surface area contributed by atoms with Gasteiger partial charge in [0.05, 0.1) is 25.4 Å². The van der Waals surface area contributed by atoms with Crippen molar-refractivity contribution in [1.82, 2.24) is 4.40 Å². The zero-order valence-electron chi connectivity index (χ0n) is 14.6. The summed E-state index contributed by atoms with van der Waals surface area (Å²) >= 11 is 0. The van der Waals surface area contributed by atoms with Crippen LogP contribution in [0, 0.1) is 6.92 Å². The van der Waals surface area contributed by atoms with Gasteiger partial charge in [-0.15, -0.1) is 0 Å². The number of pyridine rings is 1. The number of hydrogen-bond acceptors (Lipinski definition) is 4. The molecule has 2 aromatic heterocycles. The number of ketones is 1. The number of ether oxygens (including phenoxy) is 2. The number of methoxy groups -OCH3 is 2. The van der Waals surface area contributed by atoms with Crippen LogP contribution in [0.3, 0.4) is 0 Å². The standard InChI is InChI=1S/C19H18N2O5/c1-11-16(21-9-5-4-6-14(21)18(11)26-3)17(22)12-7-8-13(20-19(23)24)15(10-12)25-2/h4-10,20H,1-3H3,(H,23,24). The lowest BCUT2D eigenvalue weighted by atomic mass is 10.0. The quantitative estimate of drug-likeness (QED) is 0.684. The maximum absolute atomic E-state index is 13.1. The number of anilines is 1. The summed E-state index contributed by atoms with van der Waals surface area (Å²) < 4.78 is 12.5. The Morgan fingerprint density at radius 2 is 1.88 bits per heavy atom. The van der Waals surface area contributed by atoms with Gasteiger partial charge in [0.2, 0.25) is 5.78 Å². The molecule has 0 radical (unpaired) electrons. The van der Waals surface area contributed by atoms with Gasteiger partial charge in [0, 0.05) is 17.3 Å². The number of carbonyl (C=O) groups excluding carboxylic acids is 1. The molecule has 0 fully saturated rings. The van der Waals surface area contributed by atoms with Gasteiger partial charge in [0.1, 0.15) is 17.2 Å². The second-order valence-corrected chi connectivity index (χ2v) is 5.64. The molecular formula is C19H18N2O5. The van der Waals surface area contributed by atoms with E-state index in [-0.39, 0.29) is 17.2 Å².